The summed E-state index contributed by atoms with van der Waals surface area (Å²) in [5.74, 6) is 0.00710. The first kappa shape index (κ1) is 12.6. The van der Waals surface area contributed by atoms with Crippen molar-refractivity contribution in [2.75, 3.05) is 11.9 Å². The highest BCUT2D eigenvalue weighted by Crippen LogP contribution is 2.16. The van der Waals surface area contributed by atoms with E-state index in [9.17, 15) is 4.79 Å². The van der Waals surface area contributed by atoms with Crippen LogP contribution in [0, 0.1) is 13.8 Å². The molecule has 0 bridgehead atoms. The number of aryl methyl sites for hydroxylation is 2. The number of aromatic nitrogens is 1. The van der Waals surface area contributed by atoms with Crippen LogP contribution in [0.2, 0.25) is 0 Å². The molecular formula is C10H15BrN2OS. The second kappa shape index (κ2) is 6.23. The highest BCUT2D eigenvalue weighted by molar-refractivity contribution is 9.09. The predicted octanol–water partition coefficient (Wildman–Crippen LogP) is 2.66. The van der Waals surface area contributed by atoms with Crippen molar-refractivity contribution in [1.29, 1.82) is 0 Å². The Morgan fingerprint density at radius 2 is 2.20 bits per heavy atom. The smallest absolute Gasteiger partial charge is 0.263 e. The van der Waals surface area contributed by atoms with E-state index in [1.807, 2.05) is 13.8 Å². The van der Waals surface area contributed by atoms with Gasteiger partial charge in [0.2, 0.25) is 0 Å². The van der Waals surface area contributed by atoms with Crippen LogP contribution in [0.4, 0.5) is 0 Å². The zero-order valence-electron chi connectivity index (χ0n) is 8.97. The van der Waals surface area contributed by atoms with E-state index in [0.29, 0.717) is 0 Å². The fourth-order valence-corrected chi connectivity index (χ4v) is 2.48. The number of thiazole rings is 1. The first-order valence-corrected chi connectivity index (χ1v) is 6.87. The quantitative estimate of drug-likeness (QED) is 0.669. The van der Waals surface area contributed by atoms with Crippen LogP contribution >= 0.6 is 27.3 Å². The van der Waals surface area contributed by atoms with E-state index >= 15 is 0 Å². The van der Waals surface area contributed by atoms with Crippen LogP contribution in [0.3, 0.4) is 0 Å². The van der Waals surface area contributed by atoms with Crippen molar-refractivity contribution in [2.45, 2.75) is 26.7 Å². The zero-order chi connectivity index (χ0) is 11.3. The van der Waals surface area contributed by atoms with E-state index in [1.54, 1.807) is 0 Å². The Morgan fingerprint density at radius 3 is 2.73 bits per heavy atom. The molecule has 1 N–H and O–H groups in total. The van der Waals surface area contributed by atoms with Gasteiger partial charge in [-0.2, -0.15) is 0 Å². The van der Waals surface area contributed by atoms with Crippen LogP contribution in [-0.4, -0.2) is 22.8 Å². The maximum absolute atomic E-state index is 11.7. The lowest BCUT2D eigenvalue weighted by atomic mass is 10.3. The summed E-state index contributed by atoms with van der Waals surface area (Å²) in [6, 6.07) is 0. The molecule has 0 unspecified atom stereocenters. The van der Waals surface area contributed by atoms with Crippen LogP contribution in [0.25, 0.3) is 0 Å². The second-order valence-corrected chi connectivity index (χ2v) is 5.30. The van der Waals surface area contributed by atoms with Crippen LogP contribution in [0.1, 0.15) is 33.2 Å². The van der Waals surface area contributed by atoms with E-state index in [2.05, 4.69) is 26.2 Å². The molecule has 0 aliphatic rings. The highest BCUT2D eigenvalue weighted by atomic mass is 79.9. The molecule has 1 amide bonds. The lowest BCUT2D eigenvalue weighted by Gasteiger charge is -2.02. The maximum atomic E-state index is 11.7. The van der Waals surface area contributed by atoms with Gasteiger partial charge in [0.25, 0.3) is 5.91 Å². The lowest BCUT2D eigenvalue weighted by Crippen LogP contribution is -2.24. The SMILES string of the molecule is Cc1nc(C)c(C(=O)NCCCCBr)s1. The highest BCUT2D eigenvalue weighted by Gasteiger charge is 2.12. The Morgan fingerprint density at radius 1 is 1.47 bits per heavy atom. The fraction of sp³-hybridized carbons (Fsp3) is 0.600. The van der Waals surface area contributed by atoms with Crippen LogP contribution in [0.5, 0.6) is 0 Å². The largest absolute Gasteiger partial charge is 0.351 e. The molecule has 1 rings (SSSR count). The van der Waals surface area contributed by atoms with E-state index in [0.717, 1.165) is 40.3 Å². The lowest BCUT2D eigenvalue weighted by molar-refractivity contribution is 0.0956. The molecule has 0 saturated carbocycles. The van der Waals surface area contributed by atoms with E-state index < -0.39 is 0 Å². The first-order valence-electron chi connectivity index (χ1n) is 4.93. The Bertz CT molecular complexity index is 338. The summed E-state index contributed by atoms with van der Waals surface area (Å²) >= 11 is 4.81. The molecule has 84 valence electrons. The van der Waals surface area contributed by atoms with E-state index in [1.165, 1.54) is 11.3 Å². The minimum atomic E-state index is 0.00710. The number of amides is 1. The molecule has 1 aromatic heterocycles. The van der Waals surface area contributed by atoms with Crippen molar-refractivity contribution < 1.29 is 4.79 Å². The number of hydrogen-bond acceptors (Lipinski definition) is 3. The van der Waals surface area contributed by atoms with Gasteiger partial charge in [0.05, 0.1) is 10.7 Å². The van der Waals surface area contributed by atoms with Gasteiger partial charge in [-0.25, -0.2) is 4.98 Å². The molecule has 0 radical (unpaired) electrons. The number of nitrogens with one attached hydrogen (secondary N) is 1. The summed E-state index contributed by atoms with van der Waals surface area (Å²) in [6.45, 7) is 4.52. The average Bonchev–Trinajstić information content (AvgIpc) is 2.52. The van der Waals surface area contributed by atoms with Crippen molar-refractivity contribution in [2.24, 2.45) is 0 Å². The Kier molecular flexibility index (Phi) is 5.25. The van der Waals surface area contributed by atoms with Crippen molar-refractivity contribution >= 4 is 33.2 Å². The Labute approximate surface area is 102 Å². The molecule has 0 saturated heterocycles. The minimum Gasteiger partial charge on any atom is -0.351 e. The summed E-state index contributed by atoms with van der Waals surface area (Å²) in [5.41, 5.74) is 0.829. The summed E-state index contributed by atoms with van der Waals surface area (Å²) in [6.07, 6.45) is 2.09. The molecule has 0 atom stereocenters. The molecule has 3 nitrogen and oxygen atoms in total. The number of halogens is 1. The standard InChI is InChI=1S/C10H15BrN2OS/c1-7-9(15-8(2)13-7)10(14)12-6-4-3-5-11/h3-6H2,1-2H3,(H,12,14). The molecule has 1 heterocycles. The van der Waals surface area contributed by atoms with Crippen molar-refractivity contribution in [1.82, 2.24) is 10.3 Å². The van der Waals surface area contributed by atoms with Crippen molar-refractivity contribution in [3.05, 3.63) is 15.6 Å². The molecular weight excluding hydrogens is 276 g/mol. The molecule has 0 fully saturated rings. The van der Waals surface area contributed by atoms with Gasteiger partial charge in [0.1, 0.15) is 4.88 Å². The number of nitrogens with zero attached hydrogens (tertiary/aromatic N) is 1. The van der Waals surface area contributed by atoms with E-state index in [4.69, 9.17) is 0 Å². The minimum absolute atomic E-state index is 0.00710. The van der Waals surface area contributed by atoms with E-state index in [-0.39, 0.29) is 5.91 Å². The van der Waals surface area contributed by atoms with Crippen molar-refractivity contribution in [3.8, 4) is 0 Å². The van der Waals surface area contributed by atoms with Gasteiger partial charge in [0, 0.05) is 11.9 Å². The van der Waals surface area contributed by atoms with Crippen LogP contribution < -0.4 is 5.32 Å². The third-order valence-corrected chi connectivity index (χ3v) is 3.59. The number of carbonyl (C=O) groups is 1. The number of unbranched alkanes of at least 4 members (excludes halogenated alkanes) is 1. The molecule has 0 aliphatic heterocycles. The van der Waals surface area contributed by atoms with Crippen LogP contribution in [-0.2, 0) is 0 Å². The summed E-state index contributed by atoms with van der Waals surface area (Å²) < 4.78 is 0. The number of hydrogen-bond donors (Lipinski definition) is 1. The molecule has 0 aromatic carbocycles. The van der Waals surface area contributed by atoms with Gasteiger partial charge in [0.15, 0.2) is 0 Å². The van der Waals surface area contributed by atoms with Gasteiger partial charge in [-0.15, -0.1) is 11.3 Å². The Balaban J connectivity index is 2.43. The second-order valence-electron chi connectivity index (χ2n) is 3.30. The van der Waals surface area contributed by atoms with Gasteiger partial charge in [-0.05, 0) is 26.7 Å². The predicted molar refractivity (Wildman–Crippen MR) is 66.9 cm³/mol. The summed E-state index contributed by atoms with van der Waals surface area (Å²) in [5, 5.41) is 4.83. The molecule has 15 heavy (non-hydrogen) atoms. The van der Waals surface area contributed by atoms with Gasteiger partial charge < -0.3 is 5.32 Å². The third kappa shape index (κ3) is 3.91. The Hall–Kier alpha value is -0.420. The summed E-state index contributed by atoms with van der Waals surface area (Å²) in [7, 11) is 0. The molecule has 5 heteroatoms. The average molecular weight is 291 g/mol. The normalized spacial score (nSPS) is 10.3. The molecule has 0 spiro atoms. The zero-order valence-corrected chi connectivity index (χ0v) is 11.4. The maximum Gasteiger partial charge on any atom is 0.263 e. The number of rotatable bonds is 5. The van der Waals surface area contributed by atoms with Gasteiger partial charge in [-0.1, -0.05) is 15.9 Å². The molecule has 0 aliphatic carbocycles. The number of alkyl halides is 1. The monoisotopic (exact) mass is 290 g/mol. The topological polar surface area (TPSA) is 42.0 Å². The number of carbonyl (C=O) groups excluding carboxylic acids is 1. The van der Waals surface area contributed by atoms with Crippen molar-refractivity contribution in [3.63, 3.8) is 0 Å². The first-order chi connectivity index (χ1) is 7.15. The third-order valence-electron chi connectivity index (χ3n) is 1.96. The van der Waals surface area contributed by atoms with Gasteiger partial charge >= 0.3 is 0 Å². The van der Waals surface area contributed by atoms with Gasteiger partial charge in [-0.3, -0.25) is 4.79 Å². The molecule has 1 aromatic rings. The summed E-state index contributed by atoms with van der Waals surface area (Å²) in [4.78, 5) is 16.7. The fourth-order valence-electron chi connectivity index (χ4n) is 1.24. The van der Waals surface area contributed by atoms with Crippen LogP contribution in [0.15, 0.2) is 0 Å².